The Morgan fingerprint density at radius 3 is 2.24 bits per heavy atom. The summed E-state index contributed by atoms with van der Waals surface area (Å²) in [6, 6.07) is 7.90. The zero-order valence-corrected chi connectivity index (χ0v) is 12.4. The lowest BCUT2D eigenvalue weighted by atomic mass is 9.88. The number of aliphatic hydroxyl groups excluding tert-OH is 1. The molecular weight excluding hydrogens is 319 g/mol. The molecule has 2 atom stereocenters. The quantitative estimate of drug-likeness (QED) is 0.887. The molecule has 0 spiro atoms. The lowest BCUT2D eigenvalue weighted by Crippen LogP contribution is -2.22. The molecule has 3 N–H and O–H groups in total. The van der Waals surface area contributed by atoms with Crippen LogP contribution in [-0.4, -0.2) is 11.7 Å². The van der Waals surface area contributed by atoms with Gasteiger partial charge in [-0.1, -0.05) is 35.3 Å². The second kappa shape index (κ2) is 6.71. The fourth-order valence-corrected chi connectivity index (χ4v) is 2.84. The molecule has 2 nitrogen and oxygen atoms in total. The van der Waals surface area contributed by atoms with Gasteiger partial charge in [0.25, 0.3) is 0 Å². The van der Waals surface area contributed by atoms with Gasteiger partial charge < -0.3 is 10.8 Å². The van der Waals surface area contributed by atoms with Gasteiger partial charge in [0.05, 0.1) is 6.10 Å². The Balaban J connectivity index is 2.46. The van der Waals surface area contributed by atoms with Gasteiger partial charge in [0.2, 0.25) is 0 Å². The third-order valence-corrected chi connectivity index (χ3v) is 3.95. The van der Waals surface area contributed by atoms with Crippen molar-refractivity contribution in [3.8, 4) is 0 Å². The summed E-state index contributed by atoms with van der Waals surface area (Å²) >= 11 is 12.1. The van der Waals surface area contributed by atoms with E-state index < -0.39 is 23.7 Å². The molecule has 2 unspecified atom stereocenters. The predicted molar refractivity (Wildman–Crippen MR) is 79.6 cm³/mol. The first-order valence-corrected chi connectivity index (χ1v) is 6.98. The minimum atomic E-state index is -1.20. The van der Waals surface area contributed by atoms with Crippen LogP contribution in [0.25, 0.3) is 0 Å². The fourth-order valence-electron chi connectivity index (χ4n) is 2.22. The lowest BCUT2D eigenvalue weighted by Gasteiger charge is -2.24. The van der Waals surface area contributed by atoms with Crippen LogP contribution in [0.5, 0.6) is 0 Å². The van der Waals surface area contributed by atoms with Crippen LogP contribution in [0, 0.1) is 11.6 Å². The molecule has 0 fully saturated rings. The highest BCUT2D eigenvalue weighted by molar-refractivity contribution is 6.36. The Morgan fingerprint density at radius 1 is 1.10 bits per heavy atom. The largest absolute Gasteiger partial charge is 0.388 e. The smallest absolute Gasteiger partial charge is 0.129 e. The molecule has 0 bridgehead atoms. The molecule has 0 saturated carbocycles. The first-order valence-electron chi connectivity index (χ1n) is 6.22. The Hall–Kier alpha value is -1.20. The first-order chi connectivity index (χ1) is 9.95. The lowest BCUT2D eigenvalue weighted by molar-refractivity contribution is 0.146. The second-order valence-corrected chi connectivity index (χ2v) is 5.40. The number of rotatable bonds is 4. The Labute approximate surface area is 131 Å². The minimum absolute atomic E-state index is 0.0503. The van der Waals surface area contributed by atoms with Gasteiger partial charge in [0.15, 0.2) is 0 Å². The molecular formula is C15H13Cl2F2NO. The maximum absolute atomic E-state index is 13.9. The third kappa shape index (κ3) is 3.35. The van der Waals surface area contributed by atoms with Gasteiger partial charge in [0, 0.05) is 34.1 Å². The van der Waals surface area contributed by atoms with Crippen molar-refractivity contribution in [2.75, 3.05) is 6.54 Å². The number of nitrogens with two attached hydrogens (primary N) is 1. The van der Waals surface area contributed by atoms with Crippen LogP contribution in [0.2, 0.25) is 10.0 Å². The summed E-state index contributed by atoms with van der Waals surface area (Å²) in [5.41, 5.74) is 6.03. The molecule has 2 aromatic rings. The molecule has 2 aromatic carbocycles. The standard InChI is InChI=1S/C15H13Cl2F2NO/c16-11-2-1-3-12(17)14(11)15(21)10(7-20)9-5-4-8(18)6-13(9)19/h1-6,10,15,21H,7,20H2. The number of hydrogen-bond acceptors (Lipinski definition) is 2. The highest BCUT2D eigenvalue weighted by Gasteiger charge is 2.27. The normalized spacial score (nSPS) is 14.0. The van der Waals surface area contributed by atoms with Gasteiger partial charge in [-0.25, -0.2) is 8.78 Å². The summed E-state index contributed by atoms with van der Waals surface area (Å²) in [4.78, 5) is 0. The molecule has 0 aliphatic carbocycles. The molecule has 0 aliphatic rings. The number of benzene rings is 2. The average Bonchev–Trinajstić information content (AvgIpc) is 2.41. The van der Waals surface area contributed by atoms with E-state index in [1.165, 1.54) is 6.07 Å². The Bertz CT molecular complexity index is 631. The molecule has 0 aromatic heterocycles. The van der Waals surface area contributed by atoms with Crippen LogP contribution in [0.1, 0.15) is 23.1 Å². The van der Waals surface area contributed by atoms with Gasteiger partial charge in [0.1, 0.15) is 11.6 Å². The van der Waals surface area contributed by atoms with Crippen molar-refractivity contribution in [1.29, 1.82) is 0 Å². The van der Waals surface area contributed by atoms with Gasteiger partial charge in [-0.2, -0.15) is 0 Å². The Kier molecular flexibility index (Phi) is 5.17. The topological polar surface area (TPSA) is 46.2 Å². The van der Waals surface area contributed by atoms with Crippen molar-refractivity contribution in [3.05, 3.63) is 69.2 Å². The minimum Gasteiger partial charge on any atom is -0.388 e. The average molecular weight is 332 g/mol. The van der Waals surface area contributed by atoms with Crippen LogP contribution in [-0.2, 0) is 0 Å². The summed E-state index contributed by atoms with van der Waals surface area (Å²) in [7, 11) is 0. The van der Waals surface area contributed by atoms with Crippen molar-refractivity contribution in [2.45, 2.75) is 12.0 Å². The fraction of sp³-hybridized carbons (Fsp3) is 0.200. The highest BCUT2D eigenvalue weighted by Crippen LogP contribution is 2.38. The van der Waals surface area contributed by atoms with Crippen molar-refractivity contribution < 1.29 is 13.9 Å². The number of hydrogen-bond donors (Lipinski definition) is 2. The van der Waals surface area contributed by atoms with E-state index in [2.05, 4.69) is 0 Å². The van der Waals surface area contributed by atoms with Crippen molar-refractivity contribution in [1.82, 2.24) is 0 Å². The Morgan fingerprint density at radius 2 is 1.71 bits per heavy atom. The summed E-state index contributed by atoms with van der Waals surface area (Å²) in [5, 5.41) is 11.0. The van der Waals surface area contributed by atoms with Gasteiger partial charge in [-0.05, 0) is 23.8 Å². The summed E-state index contributed by atoms with van der Waals surface area (Å²) < 4.78 is 26.9. The van der Waals surface area contributed by atoms with E-state index in [0.717, 1.165) is 12.1 Å². The van der Waals surface area contributed by atoms with Crippen LogP contribution < -0.4 is 5.73 Å². The monoisotopic (exact) mass is 331 g/mol. The van der Waals surface area contributed by atoms with E-state index in [0.29, 0.717) is 0 Å². The molecule has 0 amide bonds. The highest BCUT2D eigenvalue weighted by atomic mass is 35.5. The number of aliphatic hydroxyl groups is 1. The van der Waals surface area contributed by atoms with E-state index in [1.807, 2.05) is 0 Å². The molecule has 0 aliphatic heterocycles. The summed E-state index contributed by atoms with van der Waals surface area (Å²) in [6.07, 6.45) is -1.20. The van der Waals surface area contributed by atoms with E-state index in [9.17, 15) is 13.9 Å². The SMILES string of the molecule is NCC(c1ccc(F)cc1F)C(O)c1c(Cl)cccc1Cl. The number of halogens is 4. The van der Waals surface area contributed by atoms with Crippen LogP contribution >= 0.6 is 23.2 Å². The summed E-state index contributed by atoms with van der Waals surface area (Å²) in [6.45, 7) is -0.0503. The zero-order valence-electron chi connectivity index (χ0n) is 10.9. The van der Waals surface area contributed by atoms with Crippen molar-refractivity contribution in [3.63, 3.8) is 0 Å². The second-order valence-electron chi connectivity index (χ2n) is 4.59. The van der Waals surface area contributed by atoms with E-state index in [1.54, 1.807) is 18.2 Å². The van der Waals surface area contributed by atoms with Crippen molar-refractivity contribution in [2.24, 2.45) is 5.73 Å². The maximum Gasteiger partial charge on any atom is 0.129 e. The van der Waals surface area contributed by atoms with Crippen LogP contribution in [0.15, 0.2) is 36.4 Å². The molecule has 21 heavy (non-hydrogen) atoms. The van der Waals surface area contributed by atoms with E-state index in [-0.39, 0.29) is 27.7 Å². The molecule has 0 saturated heterocycles. The van der Waals surface area contributed by atoms with Gasteiger partial charge >= 0.3 is 0 Å². The molecule has 112 valence electrons. The van der Waals surface area contributed by atoms with Gasteiger partial charge in [-0.15, -0.1) is 0 Å². The molecule has 0 heterocycles. The summed E-state index contributed by atoms with van der Waals surface area (Å²) in [5.74, 6) is -2.26. The van der Waals surface area contributed by atoms with Crippen LogP contribution in [0.3, 0.4) is 0 Å². The maximum atomic E-state index is 13.9. The van der Waals surface area contributed by atoms with Gasteiger partial charge in [-0.3, -0.25) is 0 Å². The zero-order chi connectivity index (χ0) is 15.6. The van der Waals surface area contributed by atoms with Crippen LogP contribution in [0.4, 0.5) is 8.78 Å². The molecule has 2 rings (SSSR count). The third-order valence-electron chi connectivity index (χ3n) is 3.29. The van der Waals surface area contributed by atoms with Crippen molar-refractivity contribution >= 4 is 23.2 Å². The first kappa shape index (κ1) is 16.2. The predicted octanol–water partition coefficient (Wildman–Crippen LogP) is 4.05. The molecule has 6 heteroatoms. The molecule has 0 radical (unpaired) electrons. The van der Waals surface area contributed by atoms with E-state index >= 15 is 0 Å². The van der Waals surface area contributed by atoms with E-state index in [4.69, 9.17) is 28.9 Å².